The molecule has 0 spiro atoms. The van der Waals surface area contributed by atoms with Crippen molar-refractivity contribution < 1.29 is 17.9 Å². The van der Waals surface area contributed by atoms with E-state index in [9.17, 15) is 0 Å². The maximum atomic E-state index is 4.87. The van der Waals surface area contributed by atoms with Crippen molar-refractivity contribution in [3.05, 3.63) is 170 Å². The van der Waals surface area contributed by atoms with Crippen LogP contribution in [0.2, 0.25) is 0 Å². The van der Waals surface area contributed by atoms with E-state index >= 15 is 0 Å². The van der Waals surface area contributed by atoms with E-state index in [1.165, 1.54) is 114 Å². The van der Waals surface area contributed by atoms with E-state index in [1.54, 1.807) is 34.5 Å². The molecule has 2 aliphatic rings. The smallest absolute Gasteiger partial charge is 0.252 e. The summed E-state index contributed by atoms with van der Waals surface area (Å²) in [6.07, 6.45) is 25.1. The highest BCUT2D eigenvalue weighted by molar-refractivity contribution is 7.10. The fraction of sp³-hybridized carbons (Fsp3) is 0.552. The lowest BCUT2D eigenvalue weighted by Crippen LogP contribution is -2.03. The molecule has 0 aromatic carbocycles. The molecule has 0 unspecified atom stereocenters. The van der Waals surface area contributed by atoms with Crippen molar-refractivity contribution in [1.29, 1.82) is 0 Å². The van der Waals surface area contributed by atoms with Gasteiger partial charge in [0.15, 0.2) is 24.4 Å². The zero-order chi connectivity index (χ0) is 66.8. The Morgan fingerprint density at radius 1 is 0.538 bits per heavy atom. The molecule has 0 amide bonds. The fourth-order valence-electron chi connectivity index (χ4n) is 8.34. The number of thiophene rings is 1. The van der Waals surface area contributed by atoms with Gasteiger partial charge in [-0.25, -0.2) is 24.5 Å². The number of rotatable bonds is 10. The zero-order valence-corrected chi connectivity index (χ0v) is 59.2. The lowest BCUT2D eigenvalue weighted by molar-refractivity contribution is 0.364. The van der Waals surface area contributed by atoms with Crippen molar-refractivity contribution in [2.24, 2.45) is 0 Å². The topological polar surface area (TPSA) is 285 Å². The van der Waals surface area contributed by atoms with Crippen LogP contribution in [0.15, 0.2) is 110 Å². The van der Waals surface area contributed by atoms with E-state index in [4.69, 9.17) is 13.4 Å². The van der Waals surface area contributed by atoms with Gasteiger partial charge in [-0.1, -0.05) is 155 Å². The van der Waals surface area contributed by atoms with Crippen molar-refractivity contribution in [3.8, 4) is 0 Å². The summed E-state index contributed by atoms with van der Waals surface area (Å²) in [7, 11) is 0. The van der Waals surface area contributed by atoms with Crippen LogP contribution < -0.4 is 0 Å². The van der Waals surface area contributed by atoms with Gasteiger partial charge in [0.05, 0.1) is 22.1 Å². The minimum absolute atomic E-state index is 0.345. The van der Waals surface area contributed by atoms with E-state index in [1.807, 2.05) is 82.9 Å². The summed E-state index contributed by atoms with van der Waals surface area (Å²) in [6.45, 7) is 42.1. The van der Waals surface area contributed by atoms with Crippen molar-refractivity contribution >= 4 is 28.5 Å². The van der Waals surface area contributed by atoms with Crippen molar-refractivity contribution in [1.82, 2.24) is 90.4 Å². The van der Waals surface area contributed by atoms with Crippen LogP contribution in [-0.2, 0) is 25.7 Å². The summed E-state index contributed by atoms with van der Waals surface area (Å²) in [6, 6.07) is 6.11. The minimum atomic E-state index is 0.345. The van der Waals surface area contributed by atoms with E-state index < -0.39 is 0 Å². The first-order valence-electron chi connectivity index (χ1n) is 31.9. The minimum Gasteiger partial charge on any atom is -0.451 e. The third kappa shape index (κ3) is 27.2. The highest BCUT2D eigenvalue weighted by Gasteiger charge is 2.20. The van der Waals surface area contributed by atoms with Crippen LogP contribution in [0.1, 0.15) is 296 Å². The number of H-pyrrole nitrogens is 3. The first kappa shape index (κ1) is 75.6. The maximum Gasteiger partial charge on any atom is 0.252 e. The van der Waals surface area contributed by atoms with Crippen LogP contribution >= 0.6 is 22.7 Å². The Kier molecular flexibility index (Phi) is 33.9. The van der Waals surface area contributed by atoms with Gasteiger partial charge in [0.2, 0.25) is 24.6 Å². The molecule has 22 nitrogen and oxygen atoms in total. The van der Waals surface area contributed by atoms with Crippen LogP contribution in [0.25, 0.3) is 5.78 Å². The summed E-state index contributed by atoms with van der Waals surface area (Å²) >= 11 is 3.55. The molecule has 0 fully saturated rings. The van der Waals surface area contributed by atoms with Crippen LogP contribution in [0.3, 0.4) is 0 Å². The summed E-state index contributed by atoms with van der Waals surface area (Å²) in [5, 5.41) is 38.9. The highest BCUT2D eigenvalue weighted by Crippen LogP contribution is 2.28. The summed E-state index contributed by atoms with van der Waals surface area (Å²) < 4.78 is 20.6. The molecule has 3 N–H and O–H groups in total. The van der Waals surface area contributed by atoms with Gasteiger partial charge in [-0.05, 0) is 97.3 Å². The van der Waals surface area contributed by atoms with Gasteiger partial charge >= 0.3 is 0 Å². The number of hydrogen-bond acceptors (Lipinski definition) is 20. The zero-order valence-electron chi connectivity index (χ0n) is 57.5. The third-order valence-electron chi connectivity index (χ3n) is 13.5. The monoisotopic (exact) mass is 1290 g/mol. The first-order valence-corrected chi connectivity index (χ1v) is 33.6. The van der Waals surface area contributed by atoms with Gasteiger partial charge in [0.1, 0.15) is 12.1 Å². The maximum absolute atomic E-state index is 4.87. The molecule has 24 heteroatoms. The first-order chi connectivity index (χ1) is 43.5. The van der Waals surface area contributed by atoms with Gasteiger partial charge in [0, 0.05) is 88.1 Å². The van der Waals surface area contributed by atoms with E-state index in [0.717, 1.165) is 23.2 Å². The van der Waals surface area contributed by atoms with E-state index in [0.29, 0.717) is 76.7 Å². The van der Waals surface area contributed by atoms with Crippen molar-refractivity contribution in [2.75, 3.05) is 0 Å². The molecule has 13 rings (SSSR count). The SMILES string of the molecule is CC(C)c1cccs1.CC(C)c1cocn1.CC(C)c1n[nH]c2c1CCC2.CC(C)c1n[nH]c2c1CCCC2.CC(C)c1nc2ncccn2n1.CC(C)c1ncc[nH]1.CC(C)c1nccs1.CC(C)c1ncno1.CC(C)c1ncon1.CC(C)c1nnco1. The molecular weight excluding hydrogens is 1180 g/mol. The number of nitrogens with one attached hydrogen (secondary N) is 3. The molecule has 0 aliphatic heterocycles. The molecule has 11 aromatic heterocycles. The van der Waals surface area contributed by atoms with Crippen LogP contribution in [-0.4, -0.2) is 90.4 Å². The van der Waals surface area contributed by atoms with Gasteiger partial charge in [-0.15, -0.1) is 38.0 Å². The number of hydrogen-bond donors (Lipinski definition) is 3. The Balaban J connectivity index is 0.000000217. The Morgan fingerprint density at radius 3 is 1.57 bits per heavy atom. The molecule has 2 aliphatic carbocycles. The molecule has 11 aromatic rings. The number of oxazole rings is 1. The summed E-state index contributed by atoms with van der Waals surface area (Å²) in [5.41, 5.74) is 9.39. The van der Waals surface area contributed by atoms with Crippen LogP contribution in [0, 0.1) is 0 Å². The van der Waals surface area contributed by atoms with E-state index in [2.05, 4.69) is 205 Å². The quantitative estimate of drug-likeness (QED) is 0.115. The molecule has 91 heavy (non-hydrogen) atoms. The largest absolute Gasteiger partial charge is 0.451 e. The predicted molar refractivity (Wildman–Crippen MR) is 362 cm³/mol. The number of nitrogens with zero attached hydrogens (tertiary/aromatic N) is 15. The van der Waals surface area contributed by atoms with Crippen molar-refractivity contribution in [2.45, 2.75) is 243 Å². The molecule has 11 heterocycles. The molecule has 0 bridgehead atoms. The molecular formula is C67H102N18O4S2. The normalized spacial score (nSPS) is 12.0. The van der Waals surface area contributed by atoms with Crippen LogP contribution in [0.4, 0.5) is 0 Å². The average Bonchev–Trinajstić information content (AvgIpc) is 1.79. The summed E-state index contributed by atoms with van der Waals surface area (Å²) in [4.78, 5) is 32.6. The number of aromatic amines is 3. The Morgan fingerprint density at radius 2 is 1.20 bits per heavy atom. The second kappa shape index (κ2) is 40.8. The molecule has 496 valence electrons. The Hall–Kier alpha value is -7.86. The van der Waals surface area contributed by atoms with Gasteiger partial charge in [-0.2, -0.15) is 25.1 Å². The van der Waals surface area contributed by atoms with Gasteiger partial charge < -0.3 is 22.9 Å². The lowest BCUT2D eigenvalue weighted by Gasteiger charge is -2.12. The van der Waals surface area contributed by atoms with Gasteiger partial charge in [0.25, 0.3) is 5.78 Å². The molecule has 0 saturated carbocycles. The fourth-order valence-corrected chi connectivity index (χ4v) is 9.74. The van der Waals surface area contributed by atoms with Gasteiger partial charge in [-0.3, -0.25) is 10.2 Å². The summed E-state index contributed by atoms with van der Waals surface area (Å²) in [5.74, 6) is 9.59. The molecule has 0 radical (unpaired) electrons. The second-order valence-corrected chi connectivity index (χ2v) is 26.6. The highest BCUT2D eigenvalue weighted by atomic mass is 32.1. The number of aromatic nitrogens is 18. The number of fused-ring (bicyclic) bond motifs is 3. The molecule has 0 saturated heterocycles. The second-order valence-electron chi connectivity index (χ2n) is 24.7. The number of imidazole rings is 1. The average molecular weight is 1290 g/mol. The number of thiazole rings is 1. The Labute approximate surface area is 547 Å². The molecule has 0 atom stereocenters. The van der Waals surface area contributed by atoms with Crippen LogP contribution in [0.5, 0.6) is 0 Å². The van der Waals surface area contributed by atoms with Crippen molar-refractivity contribution in [3.63, 3.8) is 0 Å². The lowest BCUT2D eigenvalue weighted by atomic mass is 9.93. The third-order valence-corrected chi connectivity index (χ3v) is 15.7. The standard InChI is InChI=1S/C10H16N2.C9H14N2.C8H10N4.C7H10S.C6H10N2.C6H9NO.C6H9NS.3C5H8N2O/c1-7(2)10-8-5-3-4-6-9(8)11-12-10;1-6(2)9-7-4-3-5-8(7)10-11-9;1-6(2)7-10-8-9-4-3-5-12(8)11-7;1-6(2)7-4-3-5-8-7;1-5(2)6-7-3-4-8-6;1-5(2)6-3-8-4-7-6;1-5(2)6-7-3-4-8-6;1-4(2)5-7-6-3-8-5;1-4(2)5-6-3-8-7-5;1-4(2)5-6-3-7-8-5/h7H,3-6H2,1-2H3,(H,11,12);6H,3-5H2,1-2H3,(H,10,11);3-6H,1-2H3;3-6H,1-2H3;3-5H,1-2H3,(H,7,8);2*3-5H,1-2H3;3*3-4H,1-2H3. The number of aryl methyl sites for hydroxylation is 2. The van der Waals surface area contributed by atoms with E-state index in [-0.39, 0.29) is 0 Å². The predicted octanol–water partition coefficient (Wildman–Crippen LogP) is 17.7. The Bertz CT molecular complexity index is 3040.